The Morgan fingerprint density at radius 1 is 1.11 bits per heavy atom. The Kier molecular flexibility index (Phi) is 5.04. The van der Waals surface area contributed by atoms with Crippen molar-refractivity contribution in [1.82, 2.24) is 5.32 Å². The number of ether oxygens (including phenoxy) is 1. The molecule has 4 saturated carbocycles. The predicted octanol–water partition coefficient (Wildman–Crippen LogP) is 5.02. The highest BCUT2D eigenvalue weighted by atomic mass is 35.5. The van der Waals surface area contributed by atoms with Crippen LogP contribution in [-0.4, -0.2) is 25.1 Å². The van der Waals surface area contributed by atoms with E-state index < -0.39 is 0 Å². The second-order valence-electron chi connectivity index (χ2n) is 9.85. The monoisotopic (exact) mass is 402 g/mol. The van der Waals surface area contributed by atoms with Crippen molar-refractivity contribution >= 4 is 23.2 Å². The molecule has 1 saturated heterocycles. The first-order chi connectivity index (χ1) is 13.6. The smallest absolute Gasteiger partial charge is 0.224 e. The fourth-order valence-electron chi connectivity index (χ4n) is 6.82. The number of hydrogen-bond donors (Lipinski definition) is 2. The van der Waals surface area contributed by atoms with Crippen LogP contribution in [0.5, 0.6) is 5.75 Å². The average Bonchev–Trinajstić information content (AvgIpc) is 2.64. The van der Waals surface area contributed by atoms with Crippen LogP contribution in [0, 0.1) is 23.2 Å². The van der Waals surface area contributed by atoms with E-state index in [1.54, 1.807) is 0 Å². The number of hydrogen-bond acceptors (Lipinski definition) is 3. The molecule has 1 heterocycles. The zero-order valence-corrected chi connectivity index (χ0v) is 17.3. The van der Waals surface area contributed by atoms with Gasteiger partial charge in [-0.3, -0.25) is 4.79 Å². The standard InChI is InChI=1S/C23H31ClN2O2/c24-20-2-1-19(28-18-3-5-25-6-4-18)10-21(20)26-22(27)14-23-11-15-7-16(12-23)9-17(8-15)13-23/h1-2,10,15-18,25H,3-9,11-14H2,(H,26,27). The largest absolute Gasteiger partial charge is 0.490 e. The lowest BCUT2D eigenvalue weighted by Gasteiger charge is -2.56. The Morgan fingerprint density at radius 3 is 2.39 bits per heavy atom. The summed E-state index contributed by atoms with van der Waals surface area (Å²) >= 11 is 6.38. The second-order valence-corrected chi connectivity index (χ2v) is 10.3. The molecule has 0 unspecified atom stereocenters. The zero-order valence-electron chi connectivity index (χ0n) is 16.5. The van der Waals surface area contributed by atoms with E-state index in [0.29, 0.717) is 17.1 Å². The van der Waals surface area contributed by atoms with Gasteiger partial charge in [0, 0.05) is 12.5 Å². The van der Waals surface area contributed by atoms with Crippen molar-refractivity contribution in [2.45, 2.75) is 63.9 Å². The molecule has 5 heteroatoms. The molecule has 1 aliphatic heterocycles. The molecule has 0 spiro atoms. The molecule has 4 aliphatic carbocycles. The Bertz CT molecular complexity index is 709. The molecule has 1 amide bonds. The molecule has 2 N–H and O–H groups in total. The molecule has 4 bridgehead atoms. The molecular weight excluding hydrogens is 372 g/mol. The second kappa shape index (κ2) is 7.53. The van der Waals surface area contributed by atoms with Gasteiger partial charge in [0.15, 0.2) is 0 Å². The summed E-state index contributed by atoms with van der Waals surface area (Å²) in [6.07, 6.45) is 10.9. The van der Waals surface area contributed by atoms with Gasteiger partial charge >= 0.3 is 0 Å². The number of nitrogens with one attached hydrogen (secondary N) is 2. The number of amides is 1. The van der Waals surface area contributed by atoms with Crippen molar-refractivity contribution < 1.29 is 9.53 Å². The normalized spacial score (nSPS) is 34.4. The maximum Gasteiger partial charge on any atom is 0.224 e. The Balaban J connectivity index is 1.24. The van der Waals surface area contributed by atoms with Gasteiger partial charge in [0.05, 0.1) is 10.7 Å². The van der Waals surface area contributed by atoms with Crippen LogP contribution in [-0.2, 0) is 4.79 Å². The van der Waals surface area contributed by atoms with Crippen molar-refractivity contribution in [2.24, 2.45) is 23.2 Å². The Hall–Kier alpha value is -1.26. The van der Waals surface area contributed by atoms with E-state index in [0.717, 1.165) is 49.4 Å². The molecule has 6 rings (SSSR count). The van der Waals surface area contributed by atoms with Crippen LogP contribution in [0.15, 0.2) is 18.2 Å². The third kappa shape index (κ3) is 3.91. The zero-order chi connectivity index (χ0) is 19.1. The first kappa shape index (κ1) is 18.7. The molecule has 0 aromatic heterocycles. The van der Waals surface area contributed by atoms with E-state index in [9.17, 15) is 4.79 Å². The van der Waals surface area contributed by atoms with Gasteiger partial charge in [-0.1, -0.05) is 11.6 Å². The Morgan fingerprint density at radius 2 is 1.75 bits per heavy atom. The van der Waals surface area contributed by atoms with Crippen molar-refractivity contribution in [1.29, 1.82) is 0 Å². The van der Waals surface area contributed by atoms with Gasteiger partial charge in [-0.15, -0.1) is 0 Å². The van der Waals surface area contributed by atoms with Gasteiger partial charge in [-0.05, 0) is 99.8 Å². The van der Waals surface area contributed by atoms with Gasteiger partial charge in [-0.2, -0.15) is 0 Å². The van der Waals surface area contributed by atoms with E-state index in [2.05, 4.69) is 10.6 Å². The molecule has 0 atom stereocenters. The van der Waals surface area contributed by atoms with E-state index in [1.807, 2.05) is 18.2 Å². The molecule has 1 aromatic rings. The third-order valence-electron chi connectivity index (χ3n) is 7.50. The molecule has 28 heavy (non-hydrogen) atoms. The first-order valence-electron chi connectivity index (χ1n) is 11.0. The van der Waals surface area contributed by atoms with Gasteiger partial charge in [-0.25, -0.2) is 0 Å². The fraction of sp³-hybridized carbons (Fsp3) is 0.696. The predicted molar refractivity (Wildman–Crippen MR) is 112 cm³/mol. The summed E-state index contributed by atoms with van der Waals surface area (Å²) < 4.78 is 6.12. The summed E-state index contributed by atoms with van der Waals surface area (Å²) in [5, 5.41) is 7.03. The maximum absolute atomic E-state index is 12.9. The minimum atomic E-state index is 0.114. The van der Waals surface area contributed by atoms with Gasteiger partial charge in [0.2, 0.25) is 5.91 Å². The first-order valence-corrected chi connectivity index (χ1v) is 11.4. The third-order valence-corrected chi connectivity index (χ3v) is 7.83. The summed E-state index contributed by atoms with van der Waals surface area (Å²) in [6, 6.07) is 5.62. The molecule has 5 fully saturated rings. The van der Waals surface area contributed by atoms with Gasteiger partial charge < -0.3 is 15.4 Å². The van der Waals surface area contributed by atoms with E-state index in [-0.39, 0.29) is 17.4 Å². The summed E-state index contributed by atoms with van der Waals surface area (Å²) in [5.74, 6) is 3.50. The van der Waals surface area contributed by atoms with Crippen LogP contribution in [0.1, 0.15) is 57.8 Å². The molecule has 1 aromatic carbocycles. The van der Waals surface area contributed by atoms with E-state index in [4.69, 9.17) is 16.3 Å². The SMILES string of the molecule is O=C(CC12CC3CC(CC(C3)C1)C2)Nc1cc(OC2CCNCC2)ccc1Cl. The Labute approximate surface area is 172 Å². The highest BCUT2D eigenvalue weighted by molar-refractivity contribution is 6.33. The highest BCUT2D eigenvalue weighted by Gasteiger charge is 2.51. The quantitative estimate of drug-likeness (QED) is 0.727. The average molecular weight is 403 g/mol. The minimum Gasteiger partial charge on any atom is -0.490 e. The van der Waals surface area contributed by atoms with Gasteiger partial charge in [0.25, 0.3) is 0 Å². The molecule has 152 valence electrons. The number of halogens is 1. The molecule has 4 nitrogen and oxygen atoms in total. The van der Waals surface area contributed by atoms with Crippen LogP contribution < -0.4 is 15.4 Å². The number of carbonyl (C=O) groups excluding carboxylic acids is 1. The van der Waals surface area contributed by atoms with Crippen molar-refractivity contribution in [3.8, 4) is 5.75 Å². The van der Waals surface area contributed by atoms with E-state index >= 15 is 0 Å². The number of anilines is 1. The lowest BCUT2D eigenvalue weighted by atomic mass is 9.49. The topological polar surface area (TPSA) is 50.4 Å². The number of benzene rings is 1. The highest BCUT2D eigenvalue weighted by Crippen LogP contribution is 2.61. The molecule has 5 aliphatic rings. The van der Waals surface area contributed by atoms with Gasteiger partial charge in [0.1, 0.15) is 11.9 Å². The molecule has 0 radical (unpaired) electrons. The van der Waals surface area contributed by atoms with Crippen LogP contribution >= 0.6 is 11.6 Å². The number of rotatable bonds is 5. The van der Waals surface area contributed by atoms with E-state index in [1.165, 1.54) is 38.5 Å². The number of piperidine rings is 1. The van der Waals surface area contributed by atoms with Crippen molar-refractivity contribution in [3.05, 3.63) is 23.2 Å². The summed E-state index contributed by atoms with van der Waals surface area (Å²) in [5.41, 5.74) is 0.928. The fourth-order valence-corrected chi connectivity index (χ4v) is 6.99. The minimum absolute atomic E-state index is 0.114. The van der Waals surface area contributed by atoms with Crippen LogP contribution in [0.3, 0.4) is 0 Å². The maximum atomic E-state index is 12.9. The lowest BCUT2D eigenvalue weighted by Crippen LogP contribution is -2.47. The van der Waals surface area contributed by atoms with Crippen LogP contribution in [0.2, 0.25) is 5.02 Å². The van der Waals surface area contributed by atoms with Crippen molar-refractivity contribution in [2.75, 3.05) is 18.4 Å². The summed E-state index contributed by atoms with van der Waals surface area (Å²) in [7, 11) is 0. The molecular formula is C23H31ClN2O2. The van der Waals surface area contributed by atoms with Crippen molar-refractivity contribution in [3.63, 3.8) is 0 Å². The number of carbonyl (C=O) groups is 1. The summed E-state index contributed by atoms with van der Waals surface area (Å²) in [4.78, 5) is 12.9. The van der Waals surface area contributed by atoms with Crippen LogP contribution in [0.25, 0.3) is 0 Å². The summed E-state index contributed by atoms with van der Waals surface area (Å²) in [6.45, 7) is 1.99. The lowest BCUT2D eigenvalue weighted by molar-refractivity contribution is -0.124. The van der Waals surface area contributed by atoms with Crippen LogP contribution in [0.4, 0.5) is 5.69 Å².